The summed E-state index contributed by atoms with van der Waals surface area (Å²) in [6, 6.07) is 3.90. The van der Waals surface area contributed by atoms with Gasteiger partial charge in [-0.05, 0) is 43.7 Å². The highest BCUT2D eigenvalue weighted by molar-refractivity contribution is 5.83. The average molecular weight is 352 g/mol. The van der Waals surface area contributed by atoms with Crippen LogP contribution >= 0.6 is 0 Å². The third-order valence-corrected chi connectivity index (χ3v) is 4.91. The van der Waals surface area contributed by atoms with Crippen molar-refractivity contribution in [3.63, 3.8) is 0 Å². The van der Waals surface area contributed by atoms with Crippen LogP contribution in [-0.2, 0) is 16.0 Å². The number of carbonyl (C=O) groups excluding carboxylic acids is 2. The molecule has 7 heteroatoms. The minimum Gasteiger partial charge on any atom is -0.448 e. The van der Waals surface area contributed by atoms with Gasteiger partial charge in [-0.3, -0.25) is 9.69 Å². The molecule has 5 nitrogen and oxygen atoms in total. The van der Waals surface area contributed by atoms with Crippen LogP contribution in [0.1, 0.15) is 24.8 Å². The minimum absolute atomic E-state index is 0.0352. The summed E-state index contributed by atoms with van der Waals surface area (Å²) < 4.78 is 32.3. The first-order valence-corrected chi connectivity index (χ1v) is 8.67. The van der Waals surface area contributed by atoms with E-state index in [2.05, 4.69) is 0 Å². The van der Waals surface area contributed by atoms with Gasteiger partial charge in [-0.2, -0.15) is 0 Å². The molecule has 25 heavy (non-hydrogen) atoms. The van der Waals surface area contributed by atoms with E-state index >= 15 is 0 Å². The maximum atomic E-state index is 13.7. The summed E-state index contributed by atoms with van der Waals surface area (Å²) in [5, 5.41) is 0. The molecule has 0 N–H and O–H groups in total. The topological polar surface area (TPSA) is 49.9 Å². The first kappa shape index (κ1) is 17.6. The molecule has 0 aliphatic carbocycles. The van der Waals surface area contributed by atoms with Gasteiger partial charge in [0.15, 0.2) is 0 Å². The second-order valence-corrected chi connectivity index (χ2v) is 6.62. The van der Waals surface area contributed by atoms with Crippen LogP contribution in [0.15, 0.2) is 18.2 Å². The highest BCUT2D eigenvalue weighted by Gasteiger charge is 2.29. The Morgan fingerprint density at radius 1 is 1.24 bits per heavy atom. The molecule has 1 aromatic carbocycles. The van der Waals surface area contributed by atoms with E-state index in [4.69, 9.17) is 4.74 Å². The molecule has 2 saturated heterocycles. The molecular weight excluding hydrogens is 330 g/mol. The van der Waals surface area contributed by atoms with Crippen molar-refractivity contribution in [2.24, 2.45) is 5.92 Å². The predicted molar refractivity (Wildman–Crippen MR) is 86.9 cm³/mol. The number of likely N-dealkylation sites (tertiary alicyclic amines) is 1. The van der Waals surface area contributed by atoms with Gasteiger partial charge in [0, 0.05) is 18.7 Å². The number of nitrogens with zero attached hydrogens (tertiary/aromatic N) is 2. The molecule has 2 fully saturated rings. The van der Waals surface area contributed by atoms with Gasteiger partial charge >= 0.3 is 6.09 Å². The van der Waals surface area contributed by atoms with E-state index in [1.807, 2.05) is 0 Å². The Labute approximate surface area is 145 Å². The van der Waals surface area contributed by atoms with Crippen molar-refractivity contribution in [2.75, 3.05) is 32.8 Å². The largest absolute Gasteiger partial charge is 0.448 e. The molecule has 1 atom stereocenters. The molecule has 0 radical (unpaired) electrons. The predicted octanol–water partition coefficient (Wildman–Crippen LogP) is 2.59. The lowest BCUT2D eigenvalue weighted by Gasteiger charge is -2.33. The Kier molecular flexibility index (Phi) is 5.50. The van der Waals surface area contributed by atoms with E-state index in [1.165, 1.54) is 23.1 Å². The lowest BCUT2D eigenvalue weighted by atomic mass is 9.91. The second kappa shape index (κ2) is 7.80. The van der Waals surface area contributed by atoms with Crippen molar-refractivity contribution >= 4 is 12.0 Å². The molecule has 2 amide bonds. The maximum Gasteiger partial charge on any atom is 0.410 e. The van der Waals surface area contributed by atoms with Crippen LogP contribution in [0, 0.1) is 17.6 Å². The van der Waals surface area contributed by atoms with Crippen molar-refractivity contribution in [2.45, 2.75) is 25.7 Å². The summed E-state index contributed by atoms with van der Waals surface area (Å²) in [5.74, 6) is -0.921. The van der Waals surface area contributed by atoms with Crippen LogP contribution < -0.4 is 0 Å². The van der Waals surface area contributed by atoms with Crippen LogP contribution in [0.4, 0.5) is 13.6 Å². The summed E-state index contributed by atoms with van der Waals surface area (Å²) >= 11 is 0. The Morgan fingerprint density at radius 2 is 2.00 bits per heavy atom. The van der Waals surface area contributed by atoms with Crippen LogP contribution in [0.3, 0.4) is 0 Å². The van der Waals surface area contributed by atoms with E-state index in [9.17, 15) is 18.4 Å². The van der Waals surface area contributed by atoms with Gasteiger partial charge in [0.1, 0.15) is 24.8 Å². The summed E-state index contributed by atoms with van der Waals surface area (Å²) in [5.41, 5.74) is 0.116. The maximum absolute atomic E-state index is 13.7. The summed E-state index contributed by atoms with van der Waals surface area (Å²) in [7, 11) is 0. The van der Waals surface area contributed by atoms with E-state index in [1.54, 1.807) is 4.90 Å². The van der Waals surface area contributed by atoms with Gasteiger partial charge in [-0.25, -0.2) is 13.6 Å². The zero-order chi connectivity index (χ0) is 17.8. The third-order valence-electron chi connectivity index (χ3n) is 4.91. The fourth-order valence-electron chi connectivity index (χ4n) is 3.48. The molecule has 0 aromatic heterocycles. The molecule has 2 aliphatic rings. The number of carbonyl (C=O) groups is 2. The number of benzene rings is 1. The summed E-state index contributed by atoms with van der Waals surface area (Å²) in [6.07, 6.45) is 2.31. The van der Waals surface area contributed by atoms with Crippen LogP contribution in [0.5, 0.6) is 0 Å². The van der Waals surface area contributed by atoms with Crippen LogP contribution in [0.25, 0.3) is 0 Å². The smallest absolute Gasteiger partial charge is 0.410 e. The molecule has 2 aliphatic heterocycles. The number of amides is 2. The zero-order valence-electron chi connectivity index (χ0n) is 14.0. The first-order chi connectivity index (χ1) is 12.0. The van der Waals surface area contributed by atoms with Crippen molar-refractivity contribution in [1.82, 2.24) is 9.80 Å². The van der Waals surface area contributed by atoms with Crippen molar-refractivity contribution in [3.05, 3.63) is 35.4 Å². The van der Waals surface area contributed by atoms with Crippen LogP contribution in [0.2, 0.25) is 0 Å². The number of halogens is 2. The quantitative estimate of drug-likeness (QED) is 0.818. The Bertz CT molecular complexity index is 633. The SMILES string of the molecule is O=C(CN1CCOC1=O)N1CCC[C@H](CCc2c(F)cccc2F)C1. The molecular formula is C18H22F2N2O3. The normalized spacial score (nSPS) is 20.7. The number of piperidine rings is 1. The number of rotatable bonds is 5. The first-order valence-electron chi connectivity index (χ1n) is 8.67. The van der Waals surface area contributed by atoms with E-state index in [0.717, 1.165) is 12.8 Å². The van der Waals surface area contributed by atoms with Crippen molar-refractivity contribution < 1.29 is 23.1 Å². The van der Waals surface area contributed by atoms with E-state index in [-0.39, 0.29) is 23.9 Å². The third kappa shape index (κ3) is 4.27. The Morgan fingerprint density at radius 3 is 2.68 bits per heavy atom. The van der Waals surface area contributed by atoms with E-state index < -0.39 is 17.7 Å². The Hall–Kier alpha value is -2.18. The Balaban J connectivity index is 1.52. The lowest BCUT2D eigenvalue weighted by Crippen LogP contribution is -2.45. The van der Waals surface area contributed by atoms with Gasteiger partial charge in [0.2, 0.25) is 5.91 Å². The molecule has 0 saturated carbocycles. The van der Waals surface area contributed by atoms with Crippen molar-refractivity contribution in [3.8, 4) is 0 Å². The fourth-order valence-corrected chi connectivity index (χ4v) is 3.48. The number of hydrogen-bond donors (Lipinski definition) is 0. The lowest BCUT2D eigenvalue weighted by molar-refractivity contribution is -0.133. The molecule has 136 valence electrons. The van der Waals surface area contributed by atoms with Crippen molar-refractivity contribution in [1.29, 1.82) is 0 Å². The molecule has 0 unspecified atom stereocenters. The number of ether oxygens (including phenoxy) is 1. The molecule has 0 bridgehead atoms. The molecule has 1 aromatic rings. The minimum atomic E-state index is -0.517. The van der Waals surface area contributed by atoms with Gasteiger partial charge in [0.25, 0.3) is 0 Å². The highest BCUT2D eigenvalue weighted by Crippen LogP contribution is 2.24. The van der Waals surface area contributed by atoms with Gasteiger partial charge in [-0.1, -0.05) is 6.07 Å². The molecule has 0 spiro atoms. The fraction of sp³-hybridized carbons (Fsp3) is 0.556. The summed E-state index contributed by atoms with van der Waals surface area (Å²) in [4.78, 5) is 27.0. The van der Waals surface area contributed by atoms with Gasteiger partial charge < -0.3 is 9.64 Å². The average Bonchev–Trinajstić information content (AvgIpc) is 2.99. The summed E-state index contributed by atoms with van der Waals surface area (Å²) in [6.45, 7) is 2.02. The standard InChI is InChI=1S/C18H22F2N2O3/c19-15-4-1-5-16(20)14(15)7-6-13-3-2-8-21(11-13)17(23)12-22-9-10-25-18(22)24/h1,4-5,13H,2-3,6-12H2/t13-/m1/s1. The highest BCUT2D eigenvalue weighted by atomic mass is 19.1. The monoisotopic (exact) mass is 352 g/mol. The number of hydrogen-bond acceptors (Lipinski definition) is 3. The van der Waals surface area contributed by atoms with Crippen LogP contribution in [-0.4, -0.2) is 54.6 Å². The molecule has 3 rings (SSSR count). The van der Waals surface area contributed by atoms with Gasteiger partial charge in [-0.15, -0.1) is 0 Å². The molecule has 2 heterocycles. The van der Waals surface area contributed by atoms with Gasteiger partial charge in [0.05, 0.1) is 6.54 Å². The zero-order valence-corrected chi connectivity index (χ0v) is 14.0. The number of cyclic esters (lactones) is 1. The van der Waals surface area contributed by atoms with E-state index in [0.29, 0.717) is 39.1 Å². The second-order valence-electron chi connectivity index (χ2n) is 6.62.